The van der Waals surface area contributed by atoms with Crippen LogP contribution in [0.4, 0.5) is 5.69 Å². The van der Waals surface area contributed by atoms with Crippen molar-refractivity contribution in [3.05, 3.63) is 24.3 Å². The Hall–Kier alpha value is -1.71. The normalized spacial score (nSPS) is 31.5. The third kappa shape index (κ3) is 2.99. The Balaban J connectivity index is 1.29. The van der Waals surface area contributed by atoms with Gasteiger partial charge in [0.1, 0.15) is 5.75 Å². The molecule has 4 heteroatoms. The van der Waals surface area contributed by atoms with Gasteiger partial charge < -0.3 is 15.0 Å². The maximum Gasteiger partial charge on any atom is 0.223 e. The number of nitrogens with one attached hydrogen (secondary N) is 1. The second kappa shape index (κ2) is 6.66. The van der Waals surface area contributed by atoms with Gasteiger partial charge in [0.15, 0.2) is 0 Å². The van der Waals surface area contributed by atoms with Crippen molar-refractivity contribution in [2.45, 2.75) is 32.1 Å². The molecule has 1 amide bonds. The minimum absolute atomic E-state index is 0.301. The number of methoxy groups -OCH3 is 1. The van der Waals surface area contributed by atoms with E-state index in [9.17, 15) is 4.79 Å². The van der Waals surface area contributed by atoms with Gasteiger partial charge in [-0.1, -0.05) is 18.6 Å². The highest BCUT2D eigenvalue weighted by molar-refractivity contribution is 5.79. The first-order chi connectivity index (χ1) is 11.7. The number of nitrogens with zero attached hydrogens (tertiary/aromatic N) is 1. The highest BCUT2D eigenvalue weighted by Gasteiger charge is 2.43. The SMILES string of the molecule is COc1ccccc1N1CC[C@@H](CNC(=O)[C@H]2C[C@H]3CC[C@H]2C3)C1. The molecule has 4 rings (SSSR count). The number of hydrogen-bond donors (Lipinski definition) is 1. The lowest BCUT2D eigenvalue weighted by molar-refractivity contribution is -0.126. The van der Waals surface area contributed by atoms with Gasteiger partial charge in [0.25, 0.3) is 0 Å². The van der Waals surface area contributed by atoms with Crippen LogP contribution in [0.1, 0.15) is 32.1 Å². The molecule has 1 aromatic carbocycles. The van der Waals surface area contributed by atoms with Gasteiger partial charge >= 0.3 is 0 Å². The fourth-order valence-electron chi connectivity index (χ4n) is 5.05. The summed E-state index contributed by atoms with van der Waals surface area (Å²) < 4.78 is 5.48. The first-order valence-electron chi connectivity index (χ1n) is 9.40. The molecule has 4 nitrogen and oxygen atoms in total. The summed E-state index contributed by atoms with van der Waals surface area (Å²) in [6.07, 6.45) is 6.19. The summed E-state index contributed by atoms with van der Waals surface area (Å²) >= 11 is 0. The molecule has 1 saturated heterocycles. The standard InChI is InChI=1S/C20H28N2O2/c1-24-19-5-3-2-4-18(19)22-9-8-15(13-22)12-21-20(23)17-11-14-6-7-16(17)10-14/h2-5,14-17H,6-13H2,1H3,(H,21,23)/t14-,15-,16-,17-/m0/s1. The number of para-hydroxylation sites is 2. The number of anilines is 1. The molecule has 2 aliphatic carbocycles. The zero-order chi connectivity index (χ0) is 16.5. The van der Waals surface area contributed by atoms with Crippen molar-refractivity contribution in [1.82, 2.24) is 5.32 Å². The van der Waals surface area contributed by atoms with E-state index in [1.54, 1.807) is 7.11 Å². The van der Waals surface area contributed by atoms with Crippen LogP contribution >= 0.6 is 0 Å². The molecule has 1 heterocycles. The number of fused-ring (bicyclic) bond motifs is 2. The highest BCUT2D eigenvalue weighted by atomic mass is 16.5. The Morgan fingerprint density at radius 2 is 2.12 bits per heavy atom. The average Bonchev–Trinajstić information content (AvgIpc) is 3.36. The van der Waals surface area contributed by atoms with E-state index < -0.39 is 0 Å². The van der Waals surface area contributed by atoms with Gasteiger partial charge in [0.05, 0.1) is 12.8 Å². The van der Waals surface area contributed by atoms with Gasteiger partial charge in [0.2, 0.25) is 5.91 Å². The minimum atomic E-state index is 0.301. The summed E-state index contributed by atoms with van der Waals surface area (Å²) in [4.78, 5) is 14.9. The molecule has 130 valence electrons. The highest BCUT2D eigenvalue weighted by Crippen LogP contribution is 2.48. The van der Waals surface area contributed by atoms with Gasteiger partial charge in [-0.15, -0.1) is 0 Å². The van der Waals surface area contributed by atoms with Crippen LogP contribution in [0.2, 0.25) is 0 Å². The molecule has 2 saturated carbocycles. The van der Waals surface area contributed by atoms with Gasteiger partial charge in [-0.25, -0.2) is 0 Å². The molecule has 3 aliphatic rings. The van der Waals surface area contributed by atoms with Crippen molar-refractivity contribution < 1.29 is 9.53 Å². The number of ether oxygens (including phenoxy) is 1. The third-order valence-electron chi connectivity index (χ3n) is 6.35. The molecule has 0 unspecified atom stereocenters. The Morgan fingerprint density at radius 1 is 1.25 bits per heavy atom. The molecule has 0 radical (unpaired) electrons. The average molecular weight is 328 g/mol. The number of amides is 1. The van der Waals surface area contributed by atoms with Crippen LogP contribution in [0.3, 0.4) is 0 Å². The predicted octanol–water partition coefficient (Wildman–Crippen LogP) is 3.07. The zero-order valence-electron chi connectivity index (χ0n) is 14.5. The number of carbonyl (C=O) groups excluding carboxylic acids is 1. The quantitative estimate of drug-likeness (QED) is 0.903. The lowest BCUT2D eigenvalue weighted by Crippen LogP contribution is -2.37. The maximum absolute atomic E-state index is 12.5. The van der Waals surface area contributed by atoms with Crippen molar-refractivity contribution in [3.8, 4) is 5.75 Å². The van der Waals surface area contributed by atoms with Crippen molar-refractivity contribution in [1.29, 1.82) is 0 Å². The van der Waals surface area contributed by atoms with Crippen LogP contribution < -0.4 is 15.0 Å². The van der Waals surface area contributed by atoms with E-state index in [4.69, 9.17) is 4.74 Å². The molecular weight excluding hydrogens is 300 g/mol. The van der Waals surface area contributed by atoms with Crippen LogP contribution in [0.5, 0.6) is 5.75 Å². The second-order valence-electron chi connectivity index (χ2n) is 7.80. The van der Waals surface area contributed by atoms with Crippen molar-refractivity contribution in [2.75, 3.05) is 31.6 Å². The summed E-state index contributed by atoms with van der Waals surface area (Å²) in [5.41, 5.74) is 1.17. The fourth-order valence-corrected chi connectivity index (χ4v) is 5.05. The molecule has 3 fully saturated rings. The van der Waals surface area contributed by atoms with E-state index in [1.807, 2.05) is 12.1 Å². The van der Waals surface area contributed by atoms with E-state index in [0.29, 0.717) is 23.7 Å². The summed E-state index contributed by atoms with van der Waals surface area (Å²) in [6, 6.07) is 8.20. The number of carbonyl (C=O) groups is 1. The van der Waals surface area contributed by atoms with E-state index in [-0.39, 0.29) is 0 Å². The zero-order valence-corrected chi connectivity index (χ0v) is 14.5. The Morgan fingerprint density at radius 3 is 2.88 bits per heavy atom. The number of rotatable bonds is 5. The van der Waals surface area contributed by atoms with E-state index in [0.717, 1.165) is 44.1 Å². The van der Waals surface area contributed by atoms with Crippen LogP contribution in [0, 0.1) is 23.7 Å². The third-order valence-corrected chi connectivity index (χ3v) is 6.35. The molecule has 0 spiro atoms. The smallest absolute Gasteiger partial charge is 0.223 e. The first-order valence-corrected chi connectivity index (χ1v) is 9.40. The maximum atomic E-state index is 12.5. The lowest BCUT2D eigenvalue weighted by atomic mass is 9.88. The van der Waals surface area contributed by atoms with Crippen molar-refractivity contribution >= 4 is 11.6 Å². The van der Waals surface area contributed by atoms with Gasteiger partial charge in [0, 0.05) is 25.6 Å². The Labute approximate surface area is 144 Å². The fraction of sp³-hybridized carbons (Fsp3) is 0.650. The Kier molecular flexibility index (Phi) is 4.38. The molecule has 1 aliphatic heterocycles. The molecule has 1 N–H and O–H groups in total. The number of hydrogen-bond acceptors (Lipinski definition) is 3. The molecule has 0 aromatic heterocycles. The molecule has 24 heavy (non-hydrogen) atoms. The second-order valence-corrected chi connectivity index (χ2v) is 7.80. The van der Waals surface area contributed by atoms with Gasteiger partial charge in [-0.3, -0.25) is 4.79 Å². The largest absolute Gasteiger partial charge is 0.495 e. The number of benzene rings is 1. The van der Waals surface area contributed by atoms with Crippen molar-refractivity contribution in [2.24, 2.45) is 23.7 Å². The summed E-state index contributed by atoms with van der Waals surface area (Å²) in [5.74, 6) is 3.59. The van der Waals surface area contributed by atoms with Crippen LogP contribution in [0.25, 0.3) is 0 Å². The van der Waals surface area contributed by atoms with Gasteiger partial charge in [-0.05, 0) is 55.6 Å². The summed E-state index contributed by atoms with van der Waals surface area (Å²) in [5, 5.41) is 3.26. The van der Waals surface area contributed by atoms with E-state index >= 15 is 0 Å². The first kappa shape index (κ1) is 15.8. The van der Waals surface area contributed by atoms with Crippen LogP contribution in [-0.2, 0) is 4.79 Å². The van der Waals surface area contributed by atoms with Crippen LogP contribution in [-0.4, -0.2) is 32.7 Å². The molecular formula is C20H28N2O2. The minimum Gasteiger partial charge on any atom is -0.495 e. The summed E-state index contributed by atoms with van der Waals surface area (Å²) in [6.45, 7) is 2.85. The predicted molar refractivity (Wildman–Crippen MR) is 95.3 cm³/mol. The monoisotopic (exact) mass is 328 g/mol. The van der Waals surface area contributed by atoms with E-state index in [1.165, 1.54) is 24.9 Å². The Bertz CT molecular complexity index is 603. The summed E-state index contributed by atoms with van der Waals surface area (Å²) in [7, 11) is 1.72. The van der Waals surface area contributed by atoms with Crippen molar-refractivity contribution in [3.63, 3.8) is 0 Å². The topological polar surface area (TPSA) is 41.6 Å². The van der Waals surface area contributed by atoms with E-state index in [2.05, 4.69) is 22.3 Å². The lowest BCUT2D eigenvalue weighted by Gasteiger charge is -2.23. The molecule has 1 aromatic rings. The molecule has 2 bridgehead atoms. The van der Waals surface area contributed by atoms with Gasteiger partial charge in [-0.2, -0.15) is 0 Å². The van der Waals surface area contributed by atoms with Crippen LogP contribution in [0.15, 0.2) is 24.3 Å². The molecule has 4 atom stereocenters.